The van der Waals surface area contributed by atoms with E-state index in [1.165, 1.54) is 5.56 Å². The third-order valence-electron chi connectivity index (χ3n) is 3.77. The summed E-state index contributed by atoms with van der Waals surface area (Å²) in [7, 11) is 1.77. The molecule has 0 radical (unpaired) electrons. The molecule has 2 rings (SSSR count). The lowest BCUT2D eigenvalue weighted by Crippen LogP contribution is -2.44. The summed E-state index contributed by atoms with van der Waals surface area (Å²) in [6.07, 6.45) is 3.43. The Bertz CT molecular complexity index is 626. The van der Waals surface area contributed by atoms with E-state index in [9.17, 15) is 0 Å². The van der Waals surface area contributed by atoms with Crippen LogP contribution in [0.3, 0.4) is 0 Å². The maximum atomic E-state index is 5.61. The minimum Gasteiger partial charge on any atom is -0.490 e. The fourth-order valence-electron chi connectivity index (χ4n) is 2.29. The van der Waals surface area contributed by atoms with Crippen LogP contribution in [0, 0.1) is 0 Å². The van der Waals surface area contributed by atoms with Crippen LogP contribution in [-0.2, 0) is 5.41 Å². The van der Waals surface area contributed by atoms with Crippen LogP contribution < -0.4 is 15.4 Å². The molecule has 0 aliphatic heterocycles. The number of benzene rings is 1. The largest absolute Gasteiger partial charge is 0.490 e. The number of hydrogen-bond acceptors (Lipinski definition) is 3. The van der Waals surface area contributed by atoms with Crippen LogP contribution in [0.1, 0.15) is 19.4 Å². The van der Waals surface area contributed by atoms with Crippen molar-refractivity contribution in [3.05, 3.63) is 60.4 Å². The van der Waals surface area contributed by atoms with Gasteiger partial charge in [0, 0.05) is 25.2 Å². The predicted octanol–water partition coefficient (Wildman–Crippen LogP) is 2.60. The lowest BCUT2D eigenvalue weighted by Gasteiger charge is -2.26. The topological polar surface area (TPSA) is 58.5 Å². The monoisotopic (exact) mass is 326 g/mol. The number of aromatic nitrogens is 1. The number of guanidine groups is 1. The molecule has 0 amide bonds. The average molecular weight is 326 g/mol. The summed E-state index contributed by atoms with van der Waals surface area (Å²) in [5, 5.41) is 6.64. The van der Waals surface area contributed by atoms with Crippen molar-refractivity contribution in [2.24, 2.45) is 4.99 Å². The predicted molar refractivity (Wildman–Crippen MR) is 98.6 cm³/mol. The molecule has 0 saturated heterocycles. The van der Waals surface area contributed by atoms with E-state index in [1.54, 1.807) is 19.4 Å². The number of aliphatic imine (C=N–C) groups is 1. The Kier molecular flexibility index (Phi) is 6.61. The van der Waals surface area contributed by atoms with E-state index in [-0.39, 0.29) is 5.41 Å². The number of hydrogen-bond donors (Lipinski definition) is 2. The third-order valence-corrected chi connectivity index (χ3v) is 3.77. The molecule has 0 fully saturated rings. The van der Waals surface area contributed by atoms with Gasteiger partial charge in [0.05, 0.1) is 12.7 Å². The second kappa shape index (κ2) is 8.91. The molecular formula is C19H26N4O. The van der Waals surface area contributed by atoms with Crippen LogP contribution in [0.15, 0.2) is 59.9 Å². The molecule has 2 aromatic rings. The zero-order chi connectivity index (χ0) is 17.3. The molecule has 24 heavy (non-hydrogen) atoms. The number of ether oxygens (including phenoxy) is 1. The third kappa shape index (κ3) is 5.57. The van der Waals surface area contributed by atoms with Crippen molar-refractivity contribution in [2.75, 3.05) is 26.7 Å². The smallest absolute Gasteiger partial charge is 0.191 e. The van der Waals surface area contributed by atoms with E-state index >= 15 is 0 Å². The van der Waals surface area contributed by atoms with Gasteiger partial charge in [-0.3, -0.25) is 9.98 Å². The Balaban J connectivity index is 1.74. The van der Waals surface area contributed by atoms with E-state index in [1.807, 2.05) is 18.2 Å². The van der Waals surface area contributed by atoms with Crippen LogP contribution in [0.5, 0.6) is 5.75 Å². The Labute approximate surface area is 144 Å². The molecule has 0 aliphatic carbocycles. The highest BCUT2D eigenvalue weighted by molar-refractivity contribution is 5.79. The maximum absolute atomic E-state index is 5.61. The molecule has 0 spiro atoms. The second-order valence-electron chi connectivity index (χ2n) is 6.14. The van der Waals surface area contributed by atoms with E-state index in [0.29, 0.717) is 13.2 Å². The highest BCUT2D eigenvalue weighted by atomic mass is 16.5. The van der Waals surface area contributed by atoms with E-state index < -0.39 is 0 Å². The second-order valence-corrected chi connectivity index (χ2v) is 6.14. The Morgan fingerprint density at radius 3 is 2.58 bits per heavy atom. The Morgan fingerprint density at radius 1 is 1.12 bits per heavy atom. The highest BCUT2D eigenvalue weighted by Crippen LogP contribution is 2.21. The minimum atomic E-state index is 0.0189. The summed E-state index contributed by atoms with van der Waals surface area (Å²) < 4.78 is 5.61. The first-order valence-corrected chi connectivity index (χ1v) is 8.15. The van der Waals surface area contributed by atoms with E-state index in [4.69, 9.17) is 4.74 Å². The molecule has 1 aromatic heterocycles. The highest BCUT2D eigenvalue weighted by Gasteiger charge is 2.20. The van der Waals surface area contributed by atoms with Gasteiger partial charge in [-0.2, -0.15) is 0 Å². The average Bonchev–Trinajstić information content (AvgIpc) is 2.63. The molecule has 0 unspecified atom stereocenters. The van der Waals surface area contributed by atoms with Gasteiger partial charge in [-0.25, -0.2) is 0 Å². The van der Waals surface area contributed by atoms with Gasteiger partial charge in [0.1, 0.15) is 12.4 Å². The summed E-state index contributed by atoms with van der Waals surface area (Å²) in [5.74, 6) is 1.54. The summed E-state index contributed by atoms with van der Waals surface area (Å²) >= 11 is 0. The number of nitrogens with one attached hydrogen (secondary N) is 2. The van der Waals surface area contributed by atoms with Gasteiger partial charge in [-0.1, -0.05) is 44.2 Å². The van der Waals surface area contributed by atoms with Crippen LogP contribution >= 0.6 is 0 Å². The molecule has 0 saturated carbocycles. The van der Waals surface area contributed by atoms with Crippen molar-refractivity contribution in [3.63, 3.8) is 0 Å². The number of rotatable bonds is 7. The van der Waals surface area contributed by atoms with Gasteiger partial charge in [0.15, 0.2) is 5.96 Å². The van der Waals surface area contributed by atoms with Gasteiger partial charge in [0.2, 0.25) is 0 Å². The molecule has 0 atom stereocenters. The van der Waals surface area contributed by atoms with E-state index in [2.05, 4.69) is 58.7 Å². The van der Waals surface area contributed by atoms with Crippen molar-refractivity contribution in [3.8, 4) is 5.75 Å². The first kappa shape index (κ1) is 17.8. The van der Waals surface area contributed by atoms with Crippen molar-refractivity contribution in [2.45, 2.75) is 19.3 Å². The van der Waals surface area contributed by atoms with Gasteiger partial charge < -0.3 is 15.4 Å². The zero-order valence-corrected chi connectivity index (χ0v) is 14.6. The normalized spacial score (nSPS) is 11.9. The summed E-state index contributed by atoms with van der Waals surface area (Å²) in [6.45, 7) is 6.44. The lowest BCUT2D eigenvalue weighted by molar-refractivity contribution is 0.320. The summed E-state index contributed by atoms with van der Waals surface area (Å²) in [4.78, 5) is 8.27. The van der Waals surface area contributed by atoms with Crippen LogP contribution in [0.2, 0.25) is 0 Å². The molecule has 0 aliphatic rings. The first-order valence-electron chi connectivity index (χ1n) is 8.15. The standard InChI is InChI=1S/C19H26N4O/c1-19(2,16-8-5-4-6-9-16)15-23-18(20-3)22-12-13-24-17-10-7-11-21-14-17/h4-11,14H,12-13,15H2,1-3H3,(H2,20,22,23). The zero-order valence-electron chi connectivity index (χ0n) is 14.6. The van der Waals surface area contributed by atoms with Crippen molar-refractivity contribution >= 4 is 5.96 Å². The summed E-state index contributed by atoms with van der Waals surface area (Å²) in [5.41, 5.74) is 1.32. The number of pyridine rings is 1. The molecule has 5 heteroatoms. The quantitative estimate of drug-likeness (QED) is 0.466. The molecule has 128 valence electrons. The maximum Gasteiger partial charge on any atom is 0.191 e. The molecule has 5 nitrogen and oxygen atoms in total. The minimum absolute atomic E-state index is 0.0189. The molecule has 0 bridgehead atoms. The van der Waals surface area contributed by atoms with Crippen LogP contribution in [0.25, 0.3) is 0 Å². The molecule has 1 aromatic carbocycles. The summed E-state index contributed by atoms with van der Waals surface area (Å²) in [6, 6.07) is 14.2. The van der Waals surface area contributed by atoms with Crippen LogP contribution in [0.4, 0.5) is 0 Å². The molecule has 2 N–H and O–H groups in total. The van der Waals surface area contributed by atoms with Gasteiger partial charge in [-0.15, -0.1) is 0 Å². The molecule has 1 heterocycles. The fraction of sp³-hybridized carbons (Fsp3) is 0.368. The van der Waals surface area contributed by atoms with Gasteiger partial charge in [0.25, 0.3) is 0 Å². The van der Waals surface area contributed by atoms with Gasteiger partial charge >= 0.3 is 0 Å². The lowest BCUT2D eigenvalue weighted by atomic mass is 9.85. The Hall–Kier alpha value is -2.56. The van der Waals surface area contributed by atoms with Crippen molar-refractivity contribution < 1.29 is 4.74 Å². The number of nitrogens with zero attached hydrogens (tertiary/aromatic N) is 2. The van der Waals surface area contributed by atoms with Crippen molar-refractivity contribution in [1.82, 2.24) is 15.6 Å². The van der Waals surface area contributed by atoms with E-state index in [0.717, 1.165) is 18.3 Å². The van der Waals surface area contributed by atoms with Crippen molar-refractivity contribution in [1.29, 1.82) is 0 Å². The van der Waals surface area contributed by atoms with Crippen LogP contribution in [-0.4, -0.2) is 37.7 Å². The first-order chi connectivity index (χ1) is 11.6. The SMILES string of the molecule is CN=C(NCCOc1cccnc1)NCC(C)(C)c1ccccc1. The fourth-order valence-corrected chi connectivity index (χ4v) is 2.29. The molecular weight excluding hydrogens is 300 g/mol. The Morgan fingerprint density at radius 2 is 1.92 bits per heavy atom. The van der Waals surface area contributed by atoms with Gasteiger partial charge in [-0.05, 0) is 17.7 Å².